The number of halogens is 2. The molecule has 2 heteroatoms. The summed E-state index contributed by atoms with van der Waals surface area (Å²) in [6.45, 7) is 2.11. The van der Waals surface area contributed by atoms with E-state index in [0.717, 1.165) is 17.9 Å². The van der Waals surface area contributed by atoms with Crippen LogP contribution in [0, 0.1) is 0 Å². The smallest absolute Gasteiger partial charge is 0.0726 e. The topological polar surface area (TPSA) is 0 Å². The van der Waals surface area contributed by atoms with Gasteiger partial charge in [0.25, 0.3) is 0 Å². The van der Waals surface area contributed by atoms with Crippen molar-refractivity contribution in [3.63, 3.8) is 0 Å². The molecule has 0 heterocycles. The lowest BCUT2D eigenvalue weighted by molar-refractivity contribution is 0.975. The van der Waals surface area contributed by atoms with Crippen LogP contribution >= 0.6 is 23.2 Å². The van der Waals surface area contributed by atoms with Crippen molar-refractivity contribution < 1.29 is 0 Å². The van der Waals surface area contributed by atoms with Gasteiger partial charge >= 0.3 is 0 Å². The van der Waals surface area contributed by atoms with Crippen LogP contribution in [0.15, 0.2) is 22.8 Å². The van der Waals surface area contributed by atoms with E-state index < -0.39 is 0 Å². The second kappa shape index (κ2) is 3.45. The molecule has 0 saturated carbocycles. The molecule has 1 aliphatic rings. The summed E-state index contributed by atoms with van der Waals surface area (Å²) in [7, 11) is 0. The Kier molecular flexibility index (Phi) is 2.82. The van der Waals surface area contributed by atoms with Gasteiger partial charge in [0.05, 0.1) is 5.38 Å². The minimum atomic E-state index is 0.0111. The van der Waals surface area contributed by atoms with Crippen LogP contribution in [0.3, 0.4) is 0 Å². The summed E-state index contributed by atoms with van der Waals surface area (Å²) in [5.74, 6) is 0. The monoisotopic (exact) mass is 176 g/mol. The third kappa shape index (κ3) is 1.77. The van der Waals surface area contributed by atoms with Crippen molar-refractivity contribution in [2.75, 3.05) is 0 Å². The molecule has 0 radical (unpaired) electrons. The molecule has 10 heavy (non-hydrogen) atoms. The van der Waals surface area contributed by atoms with Gasteiger partial charge < -0.3 is 0 Å². The zero-order chi connectivity index (χ0) is 7.56. The molecule has 1 unspecified atom stereocenters. The third-order valence-corrected chi connectivity index (χ3v) is 2.52. The highest BCUT2D eigenvalue weighted by Gasteiger charge is 2.11. The van der Waals surface area contributed by atoms with Gasteiger partial charge in [-0.1, -0.05) is 30.2 Å². The van der Waals surface area contributed by atoms with Gasteiger partial charge in [-0.05, 0) is 18.9 Å². The van der Waals surface area contributed by atoms with Gasteiger partial charge in [-0.15, -0.1) is 11.6 Å². The molecule has 0 spiro atoms. The molecule has 0 aromatic heterocycles. The van der Waals surface area contributed by atoms with Crippen molar-refractivity contribution in [1.82, 2.24) is 0 Å². The molecule has 56 valence electrons. The van der Waals surface area contributed by atoms with Crippen LogP contribution in [0.4, 0.5) is 0 Å². The van der Waals surface area contributed by atoms with E-state index in [-0.39, 0.29) is 5.38 Å². The van der Waals surface area contributed by atoms with Gasteiger partial charge in [-0.2, -0.15) is 0 Å². The molecule has 1 atom stereocenters. The second-order valence-corrected chi connectivity index (χ2v) is 3.33. The fourth-order valence-electron chi connectivity index (χ4n) is 0.940. The molecule has 1 rings (SSSR count). The van der Waals surface area contributed by atoms with Gasteiger partial charge in [0.15, 0.2) is 0 Å². The molecular weight excluding hydrogens is 167 g/mol. The SMILES string of the molecule is CCC1=CCC(Cl)C(Cl)=C1. The summed E-state index contributed by atoms with van der Waals surface area (Å²) < 4.78 is 0. The largest absolute Gasteiger partial charge is 0.117 e. The van der Waals surface area contributed by atoms with Crippen LogP contribution in [0.1, 0.15) is 19.8 Å². The zero-order valence-corrected chi connectivity index (χ0v) is 7.41. The number of hydrogen-bond donors (Lipinski definition) is 0. The summed E-state index contributed by atoms with van der Waals surface area (Å²) in [4.78, 5) is 0. The normalized spacial score (nSPS) is 25.7. The minimum absolute atomic E-state index is 0.0111. The van der Waals surface area contributed by atoms with E-state index in [4.69, 9.17) is 23.2 Å². The quantitative estimate of drug-likeness (QED) is 0.538. The Hall–Kier alpha value is 0.0600. The van der Waals surface area contributed by atoms with Crippen molar-refractivity contribution >= 4 is 23.2 Å². The molecule has 0 N–H and O–H groups in total. The molecule has 0 saturated heterocycles. The number of rotatable bonds is 1. The van der Waals surface area contributed by atoms with Crippen molar-refractivity contribution in [1.29, 1.82) is 0 Å². The average molecular weight is 177 g/mol. The van der Waals surface area contributed by atoms with Crippen molar-refractivity contribution in [2.24, 2.45) is 0 Å². The molecule has 1 aliphatic carbocycles. The highest BCUT2D eigenvalue weighted by atomic mass is 35.5. The highest BCUT2D eigenvalue weighted by Crippen LogP contribution is 2.26. The first kappa shape index (κ1) is 8.16. The average Bonchev–Trinajstić information content (AvgIpc) is 1.95. The van der Waals surface area contributed by atoms with Gasteiger partial charge in [-0.25, -0.2) is 0 Å². The van der Waals surface area contributed by atoms with E-state index in [1.54, 1.807) is 0 Å². The lowest BCUT2D eigenvalue weighted by Gasteiger charge is -2.12. The van der Waals surface area contributed by atoms with Crippen LogP contribution < -0.4 is 0 Å². The first-order valence-corrected chi connectivity index (χ1v) is 4.25. The maximum Gasteiger partial charge on any atom is 0.0726 e. The predicted molar refractivity (Wildman–Crippen MR) is 46.6 cm³/mol. The number of hydrogen-bond acceptors (Lipinski definition) is 0. The standard InChI is InChI=1S/C8H10Cl2/c1-2-6-3-4-7(9)8(10)5-6/h3,5,7H,2,4H2,1H3. The van der Waals surface area contributed by atoms with Crippen LogP contribution in [-0.2, 0) is 0 Å². The van der Waals surface area contributed by atoms with Crippen molar-refractivity contribution in [2.45, 2.75) is 25.1 Å². The van der Waals surface area contributed by atoms with Crippen LogP contribution in [0.5, 0.6) is 0 Å². The zero-order valence-electron chi connectivity index (χ0n) is 5.90. The van der Waals surface area contributed by atoms with E-state index in [9.17, 15) is 0 Å². The lowest BCUT2D eigenvalue weighted by Crippen LogP contribution is -2.01. The Bertz CT molecular complexity index is 180. The Labute approximate surface area is 71.5 Å². The van der Waals surface area contributed by atoms with Crippen molar-refractivity contribution in [3.8, 4) is 0 Å². The molecule has 0 amide bonds. The first-order chi connectivity index (χ1) is 4.74. The molecule has 0 nitrogen and oxygen atoms in total. The highest BCUT2D eigenvalue weighted by molar-refractivity contribution is 6.37. The Morgan fingerprint density at radius 1 is 1.70 bits per heavy atom. The number of alkyl halides is 1. The predicted octanol–water partition coefficient (Wildman–Crippen LogP) is 3.46. The maximum atomic E-state index is 5.84. The Morgan fingerprint density at radius 2 is 2.40 bits per heavy atom. The maximum absolute atomic E-state index is 5.84. The fourth-order valence-corrected chi connectivity index (χ4v) is 1.32. The van der Waals surface area contributed by atoms with Crippen LogP contribution in [0.2, 0.25) is 0 Å². The minimum Gasteiger partial charge on any atom is -0.117 e. The third-order valence-electron chi connectivity index (χ3n) is 1.62. The molecule has 0 bridgehead atoms. The molecule has 0 aromatic carbocycles. The molecular formula is C8H10Cl2. The number of allylic oxidation sites excluding steroid dienone is 4. The summed E-state index contributed by atoms with van der Waals surface area (Å²) in [6, 6.07) is 0. The Morgan fingerprint density at radius 3 is 2.90 bits per heavy atom. The van der Waals surface area contributed by atoms with Crippen LogP contribution in [-0.4, -0.2) is 5.38 Å². The summed E-state index contributed by atoms with van der Waals surface area (Å²) >= 11 is 11.7. The van der Waals surface area contributed by atoms with E-state index in [0.29, 0.717) is 0 Å². The van der Waals surface area contributed by atoms with Gasteiger partial charge in [0.2, 0.25) is 0 Å². The first-order valence-electron chi connectivity index (χ1n) is 3.44. The lowest BCUT2D eigenvalue weighted by atomic mass is 10.1. The fraction of sp³-hybridized carbons (Fsp3) is 0.500. The molecule has 0 aromatic rings. The molecule has 0 fully saturated rings. The van der Waals surface area contributed by atoms with E-state index in [2.05, 4.69) is 13.0 Å². The van der Waals surface area contributed by atoms with Crippen LogP contribution in [0.25, 0.3) is 0 Å². The van der Waals surface area contributed by atoms with E-state index >= 15 is 0 Å². The summed E-state index contributed by atoms with van der Waals surface area (Å²) in [5.41, 5.74) is 1.29. The van der Waals surface area contributed by atoms with E-state index in [1.807, 2.05) is 6.08 Å². The second-order valence-electron chi connectivity index (χ2n) is 2.37. The molecule has 0 aliphatic heterocycles. The summed E-state index contributed by atoms with van der Waals surface area (Å²) in [5, 5.41) is 0.790. The van der Waals surface area contributed by atoms with Gasteiger partial charge in [0, 0.05) is 5.03 Å². The summed E-state index contributed by atoms with van der Waals surface area (Å²) in [6.07, 6.45) is 6.02. The van der Waals surface area contributed by atoms with Gasteiger partial charge in [-0.3, -0.25) is 0 Å². The Balaban J connectivity index is 2.69. The van der Waals surface area contributed by atoms with Gasteiger partial charge in [0.1, 0.15) is 0 Å². The van der Waals surface area contributed by atoms with E-state index in [1.165, 1.54) is 5.57 Å². The van der Waals surface area contributed by atoms with Crippen molar-refractivity contribution in [3.05, 3.63) is 22.8 Å².